The highest BCUT2D eigenvalue weighted by atomic mass is 32.1. The third-order valence-corrected chi connectivity index (χ3v) is 4.74. The van der Waals surface area contributed by atoms with E-state index in [4.69, 9.17) is 0 Å². The second-order valence-corrected chi connectivity index (χ2v) is 6.72. The summed E-state index contributed by atoms with van der Waals surface area (Å²) in [5.74, 6) is -0.0690. The molecule has 3 rings (SSSR count). The molecule has 5 nitrogen and oxygen atoms in total. The first-order valence-electron chi connectivity index (χ1n) is 7.89. The molecule has 122 valence electrons. The Hall–Kier alpha value is -1.76. The molecule has 2 heterocycles. The van der Waals surface area contributed by atoms with Crippen LogP contribution in [0.5, 0.6) is 0 Å². The van der Waals surface area contributed by atoms with E-state index in [9.17, 15) is 4.79 Å². The van der Waals surface area contributed by atoms with Crippen LogP contribution in [0.25, 0.3) is 0 Å². The summed E-state index contributed by atoms with van der Waals surface area (Å²) in [7, 11) is 0. The molecule has 23 heavy (non-hydrogen) atoms. The topological polar surface area (TPSA) is 48.5 Å². The lowest BCUT2D eigenvalue weighted by Gasteiger charge is -2.34. The number of aromatic nitrogens is 1. The lowest BCUT2D eigenvalue weighted by molar-refractivity contribution is -0.114. The number of hydrogen-bond donors (Lipinski definition) is 1. The van der Waals surface area contributed by atoms with E-state index in [-0.39, 0.29) is 5.91 Å². The molecule has 1 aromatic carbocycles. The summed E-state index contributed by atoms with van der Waals surface area (Å²) in [4.78, 5) is 20.4. The van der Waals surface area contributed by atoms with Crippen LogP contribution < -0.4 is 5.32 Å². The minimum absolute atomic E-state index is 0.0690. The van der Waals surface area contributed by atoms with Crippen molar-refractivity contribution in [1.82, 2.24) is 14.8 Å². The average molecular weight is 330 g/mol. The fourth-order valence-electron chi connectivity index (χ4n) is 2.76. The summed E-state index contributed by atoms with van der Waals surface area (Å²) >= 11 is 1.49. The van der Waals surface area contributed by atoms with Crippen molar-refractivity contribution in [3.8, 4) is 0 Å². The fraction of sp³-hybridized carbons (Fsp3) is 0.412. The molecule has 1 saturated heterocycles. The van der Waals surface area contributed by atoms with Gasteiger partial charge in [0.25, 0.3) is 0 Å². The molecule has 1 aliphatic rings. The predicted octanol–water partition coefficient (Wildman–Crippen LogP) is 2.42. The molecule has 0 radical (unpaired) electrons. The number of rotatable bonds is 5. The lowest BCUT2D eigenvalue weighted by atomic mass is 10.2. The third-order valence-electron chi connectivity index (χ3n) is 3.93. The molecule has 1 fully saturated rings. The third kappa shape index (κ3) is 4.86. The Bertz CT molecular complexity index is 635. The van der Waals surface area contributed by atoms with Gasteiger partial charge >= 0.3 is 0 Å². The number of benzene rings is 1. The molecule has 0 bridgehead atoms. The average Bonchev–Trinajstić information content (AvgIpc) is 2.96. The highest BCUT2D eigenvalue weighted by Crippen LogP contribution is 2.17. The molecule has 0 saturated carbocycles. The van der Waals surface area contributed by atoms with Crippen LogP contribution in [0.2, 0.25) is 0 Å². The van der Waals surface area contributed by atoms with Crippen LogP contribution >= 0.6 is 11.3 Å². The molecule has 0 spiro atoms. The normalized spacial score (nSPS) is 16.4. The van der Waals surface area contributed by atoms with E-state index < -0.39 is 0 Å². The summed E-state index contributed by atoms with van der Waals surface area (Å²) in [6.07, 6.45) is 0. The number of carbonyl (C=O) groups excluding carboxylic acids is 1. The van der Waals surface area contributed by atoms with Gasteiger partial charge < -0.3 is 5.32 Å². The number of nitrogens with one attached hydrogen (secondary N) is 1. The van der Waals surface area contributed by atoms with Crippen LogP contribution in [0.1, 0.15) is 18.2 Å². The van der Waals surface area contributed by atoms with Crippen LogP contribution in [0.3, 0.4) is 0 Å². The van der Waals surface area contributed by atoms with Gasteiger partial charge in [0.05, 0.1) is 5.69 Å². The van der Waals surface area contributed by atoms with E-state index in [1.165, 1.54) is 23.8 Å². The number of nitrogens with zero attached hydrogens (tertiary/aromatic N) is 3. The van der Waals surface area contributed by atoms with E-state index in [0.717, 1.165) is 45.0 Å². The molecule has 0 unspecified atom stereocenters. The van der Waals surface area contributed by atoms with Crippen molar-refractivity contribution >= 4 is 22.4 Å². The molecule has 1 aromatic heterocycles. The maximum Gasteiger partial charge on any atom is 0.223 e. The maximum absolute atomic E-state index is 11.0. The van der Waals surface area contributed by atoms with Gasteiger partial charge in [-0.3, -0.25) is 14.6 Å². The summed E-state index contributed by atoms with van der Waals surface area (Å²) in [6.45, 7) is 7.66. The quantitative estimate of drug-likeness (QED) is 0.915. The summed E-state index contributed by atoms with van der Waals surface area (Å²) in [5.41, 5.74) is 2.41. The lowest BCUT2D eigenvalue weighted by Crippen LogP contribution is -2.45. The van der Waals surface area contributed by atoms with E-state index in [1.54, 1.807) is 0 Å². The predicted molar refractivity (Wildman–Crippen MR) is 93.4 cm³/mol. The Morgan fingerprint density at radius 3 is 2.43 bits per heavy atom. The van der Waals surface area contributed by atoms with Crippen molar-refractivity contribution in [2.75, 3.05) is 31.5 Å². The Balaban J connectivity index is 1.45. The van der Waals surface area contributed by atoms with Gasteiger partial charge in [-0.25, -0.2) is 4.98 Å². The second-order valence-electron chi connectivity index (χ2n) is 5.86. The zero-order valence-corrected chi connectivity index (χ0v) is 14.2. The van der Waals surface area contributed by atoms with Crippen LogP contribution in [0.15, 0.2) is 35.7 Å². The van der Waals surface area contributed by atoms with Gasteiger partial charge in [-0.05, 0) is 5.56 Å². The standard InChI is InChI=1S/C17H22N4OS/c1-14(22)18-17-19-16(13-23-17)12-21-9-7-20(8-10-21)11-15-5-3-2-4-6-15/h2-6,13H,7-12H2,1H3,(H,18,19,22). The summed E-state index contributed by atoms with van der Waals surface area (Å²) < 4.78 is 0. The zero-order valence-electron chi connectivity index (χ0n) is 13.4. The smallest absolute Gasteiger partial charge is 0.223 e. The van der Waals surface area contributed by atoms with Crippen molar-refractivity contribution in [3.63, 3.8) is 0 Å². The first-order chi connectivity index (χ1) is 11.2. The SMILES string of the molecule is CC(=O)Nc1nc(CN2CCN(Cc3ccccc3)CC2)cs1. The highest BCUT2D eigenvalue weighted by molar-refractivity contribution is 7.13. The van der Waals surface area contributed by atoms with Crippen molar-refractivity contribution < 1.29 is 4.79 Å². The first-order valence-corrected chi connectivity index (χ1v) is 8.77. The van der Waals surface area contributed by atoms with Crippen LogP contribution in [0, 0.1) is 0 Å². The van der Waals surface area contributed by atoms with Crippen molar-refractivity contribution in [1.29, 1.82) is 0 Å². The zero-order chi connectivity index (χ0) is 16.1. The molecule has 1 aliphatic heterocycles. The summed E-state index contributed by atoms with van der Waals surface area (Å²) in [6, 6.07) is 10.6. The van der Waals surface area contributed by atoms with Gasteiger partial charge in [0.15, 0.2) is 5.13 Å². The number of amides is 1. The van der Waals surface area contributed by atoms with Gasteiger partial charge in [-0.2, -0.15) is 0 Å². The number of anilines is 1. The minimum atomic E-state index is -0.0690. The second kappa shape index (κ2) is 7.68. The van der Waals surface area contributed by atoms with E-state index in [1.807, 2.05) is 5.38 Å². The van der Waals surface area contributed by atoms with Gasteiger partial charge in [0.1, 0.15) is 0 Å². The number of carbonyl (C=O) groups is 1. The van der Waals surface area contributed by atoms with Crippen LogP contribution in [-0.2, 0) is 17.9 Å². The van der Waals surface area contributed by atoms with Crippen molar-refractivity contribution in [2.24, 2.45) is 0 Å². The molecule has 6 heteroatoms. The summed E-state index contributed by atoms with van der Waals surface area (Å²) in [5, 5.41) is 5.46. The highest BCUT2D eigenvalue weighted by Gasteiger charge is 2.18. The Labute approximate surface area is 140 Å². The monoisotopic (exact) mass is 330 g/mol. The van der Waals surface area contributed by atoms with Crippen molar-refractivity contribution in [2.45, 2.75) is 20.0 Å². The van der Waals surface area contributed by atoms with E-state index in [0.29, 0.717) is 5.13 Å². The van der Waals surface area contributed by atoms with Gasteiger partial charge in [0.2, 0.25) is 5.91 Å². The Morgan fingerprint density at radius 1 is 1.13 bits per heavy atom. The Morgan fingerprint density at radius 2 is 1.78 bits per heavy atom. The Kier molecular flexibility index (Phi) is 5.38. The van der Waals surface area contributed by atoms with Crippen molar-refractivity contribution in [3.05, 3.63) is 47.0 Å². The molecule has 1 amide bonds. The molecule has 1 N–H and O–H groups in total. The molecule has 2 aromatic rings. The van der Waals surface area contributed by atoms with Gasteiger partial charge in [-0.15, -0.1) is 11.3 Å². The number of piperazine rings is 1. The molecular weight excluding hydrogens is 308 g/mol. The minimum Gasteiger partial charge on any atom is -0.302 e. The largest absolute Gasteiger partial charge is 0.302 e. The number of thiazole rings is 1. The fourth-order valence-corrected chi connectivity index (χ4v) is 3.51. The van der Waals surface area contributed by atoms with Gasteiger partial charge in [0, 0.05) is 51.6 Å². The molecule has 0 aliphatic carbocycles. The molecule has 0 atom stereocenters. The molecular formula is C17H22N4OS. The maximum atomic E-state index is 11.0. The van der Waals surface area contributed by atoms with Gasteiger partial charge in [-0.1, -0.05) is 30.3 Å². The first kappa shape index (κ1) is 16.1. The number of hydrogen-bond acceptors (Lipinski definition) is 5. The van der Waals surface area contributed by atoms with E-state index >= 15 is 0 Å². The van der Waals surface area contributed by atoms with Crippen LogP contribution in [-0.4, -0.2) is 46.9 Å². The van der Waals surface area contributed by atoms with Crippen LogP contribution in [0.4, 0.5) is 5.13 Å². The van der Waals surface area contributed by atoms with E-state index in [2.05, 4.69) is 50.4 Å².